The average Bonchev–Trinajstić information content (AvgIpc) is 3.16. The van der Waals surface area contributed by atoms with Crippen molar-refractivity contribution in [3.8, 4) is 6.07 Å². The van der Waals surface area contributed by atoms with Crippen LogP contribution in [-0.4, -0.2) is 58.2 Å². The molecule has 0 radical (unpaired) electrons. The van der Waals surface area contributed by atoms with Gasteiger partial charge in [-0.3, -0.25) is 4.79 Å². The van der Waals surface area contributed by atoms with E-state index in [0.717, 1.165) is 49.5 Å². The van der Waals surface area contributed by atoms with Gasteiger partial charge in [0.2, 0.25) is 5.91 Å². The molecule has 1 aliphatic heterocycles. The number of likely N-dealkylation sites (tertiary alicyclic amines) is 1. The highest BCUT2D eigenvalue weighted by Crippen LogP contribution is 2.22. The maximum absolute atomic E-state index is 12.3. The van der Waals surface area contributed by atoms with Gasteiger partial charge in [0.25, 0.3) is 0 Å². The molecule has 0 aromatic carbocycles. The van der Waals surface area contributed by atoms with Crippen molar-refractivity contribution >= 4 is 23.5 Å². The van der Waals surface area contributed by atoms with Crippen LogP contribution >= 0.6 is 11.8 Å². The number of nitriles is 1. The minimum Gasteiger partial charge on any atom is -0.367 e. The number of nitrogens with zero attached hydrogens (tertiary/aromatic N) is 4. The van der Waals surface area contributed by atoms with Gasteiger partial charge in [0.15, 0.2) is 5.16 Å². The van der Waals surface area contributed by atoms with Crippen LogP contribution in [0.3, 0.4) is 0 Å². The van der Waals surface area contributed by atoms with Gasteiger partial charge in [-0.25, -0.2) is 9.97 Å². The molecule has 0 unspecified atom stereocenters. The van der Waals surface area contributed by atoms with Crippen LogP contribution in [0.5, 0.6) is 0 Å². The van der Waals surface area contributed by atoms with Crippen LogP contribution in [-0.2, 0) is 4.79 Å². The normalized spacial score (nSPS) is 25.7. The molecular formula is C18H26N6OS. The van der Waals surface area contributed by atoms with Crippen LogP contribution in [0.1, 0.15) is 38.5 Å². The van der Waals surface area contributed by atoms with Crippen molar-refractivity contribution in [3.63, 3.8) is 0 Å². The third-order valence-electron chi connectivity index (χ3n) is 5.16. The van der Waals surface area contributed by atoms with E-state index in [2.05, 4.69) is 26.7 Å². The summed E-state index contributed by atoms with van der Waals surface area (Å²) in [5.41, 5.74) is 0. The number of thioether (sulfide) groups is 1. The fourth-order valence-corrected chi connectivity index (χ4v) is 4.06. The fourth-order valence-electron chi connectivity index (χ4n) is 3.70. The van der Waals surface area contributed by atoms with Gasteiger partial charge in [0.1, 0.15) is 11.9 Å². The molecule has 140 valence electrons. The van der Waals surface area contributed by atoms with Gasteiger partial charge in [-0.2, -0.15) is 5.26 Å². The second-order valence-corrected chi connectivity index (χ2v) is 7.65. The number of carbonyl (C=O) groups is 1. The molecule has 1 aromatic heterocycles. The van der Waals surface area contributed by atoms with E-state index in [-0.39, 0.29) is 11.9 Å². The number of hydrogen-bond acceptors (Lipinski definition) is 7. The molecule has 2 heterocycles. The lowest BCUT2D eigenvalue weighted by Crippen LogP contribution is -2.45. The van der Waals surface area contributed by atoms with Crippen molar-refractivity contribution in [1.29, 1.82) is 5.26 Å². The third kappa shape index (κ3) is 4.86. The maximum Gasteiger partial charge on any atom is 0.237 e. The first-order valence-corrected chi connectivity index (χ1v) is 10.5. The zero-order valence-corrected chi connectivity index (χ0v) is 16.0. The van der Waals surface area contributed by atoms with E-state index >= 15 is 0 Å². The second kappa shape index (κ2) is 9.19. The van der Waals surface area contributed by atoms with Gasteiger partial charge >= 0.3 is 0 Å². The number of rotatable bonds is 6. The van der Waals surface area contributed by atoms with Gasteiger partial charge in [0, 0.05) is 24.8 Å². The first kappa shape index (κ1) is 18.9. The van der Waals surface area contributed by atoms with Gasteiger partial charge in [-0.15, -0.1) is 0 Å². The Hall–Kier alpha value is -1.85. The predicted octanol–water partition coefficient (Wildman–Crippen LogP) is 2.03. The van der Waals surface area contributed by atoms with Crippen molar-refractivity contribution < 1.29 is 4.79 Å². The third-order valence-corrected chi connectivity index (χ3v) is 5.72. The first-order chi connectivity index (χ1) is 12.7. The van der Waals surface area contributed by atoms with Gasteiger partial charge in [-0.1, -0.05) is 11.8 Å². The Morgan fingerprint density at radius 2 is 2.12 bits per heavy atom. The zero-order valence-electron chi connectivity index (χ0n) is 15.1. The topological polar surface area (TPSA) is 93.9 Å². The Morgan fingerprint density at radius 1 is 1.35 bits per heavy atom. The SMILES string of the molecule is CSc1nccc(NC2CCC(NCC(=O)N3CCC[C@H]3C#N)CC2)n1. The molecule has 2 N–H and O–H groups in total. The molecule has 0 bridgehead atoms. The van der Waals surface area contributed by atoms with Crippen LogP contribution in [0, 0.1) is 11.3 Å². The Labute approximate surface area is 159 Å². The van der Waals surface area contributed by atoms with E-state index < -0.39 is 0 Å². The summed E-state index contributed by atoms with van der Waals surface area (Å²) in [5, 5.41) is 16.8. The average molecular weight is 375 g/mol. The Bertz CT molecular complexity index is 655. The minimum absolute atomic E-state index is 0.0554. The molecule has 1 saturated heterocycles. The summed E-state index contributed by atoms with van der Waals surface area (Å²) < 4.78 is 0. The molecular weight excluding hydrogens is 348 g/mol. The minimum atomic E-state index is -0.233. The highest BCUT2D eigenvalue weighted by atomic mass is 32.2. The lowest BCUT2D eigenvalue weighted by molar-refractivity contribution is -0.130. The zero-order chi connectivity index (χ0) is 18.4. The Kier molecular flexibility index (Phi) is 6.69. The maximum atomic E-state index is 12.3. The summed E-state index contributed by atoms with van der Waals surface area (Å²) in [4.78, 5) is 22.7. The molecule has 2 aliphatic rings. The molecule has 1 atom stereocenters. The number of amides is 1. The van der Waals surface area contributed by atoms with Crippen molar-refractivity contribution in [1.82, 2.24) is 20.2 Å². The number of anilines is 1. The van der Waals surface area contributed by atoms with Crippen LogP contribution in [0.25, 0.3) is 0 Å². The monoisotopic (exact) mass is 374 g/mol. The van der Waals surface area contributed by atoms with Crippen LogP contribution in [0.4, 0.5) is 5.82 Å². The summed E-state index contributed by atoms with van der Waals surface area (Å²) in [5.74, 6) is 0.937. The Morgan fingerprint density at radius 3 is 2.85 bits per heavy atom. The van der Waals surface area contributed by atoms with Crippen molar-refractivity contribution in [2.45, 2.75) is 61.8 Å². The molecule has 1 aromatic rings. The summed E-state index contributed by atoms with van der Waals surface area (Å²) in [6.07, 6.45) is 9.66. The van der Waals surface area contributed by atoms with E-state index in [0.29, 0.717) is 25.2 Å². The molecule has 0 spiro atoms. The van der Waals surface area contributed by atoms with Crippen LogP contribution in [0.15, 0.2) is 17.4 Å². The first-order valence-electron chi connectivity index (χ1n) is 9.25. The second-order valence-electron chi connectivity index (χ2n) is 6.88. The summed E-state index contributed by atoms with van der Waals surface area (Å²) >= 11 is 1.54. The number of hydrogen-bond donors (Lipinski definition) is 2. The summed E-state index contributed by atoms with van der Waals surface area (Å²) in [6.45, 7) is 1.05. The molecule has 2 fully saturated rings. The lowest BCUT2D eigenvalue weighted by Gasteiger charge is -2.30. The predicted molar refractivity (Wildman–Crippen MR) is 102 cm³/mol. The molecule has 1 saturated carbocycles. The highest BCUT2D eigenvalue weighted by Gasteiger charge is 2.29. The van der Waals surface area contributed by atoms with Crippen molar-refractivity contribution in [3.05, 3.63) is 12.3 Å². The van der Waals surface area contributed by atoms with E-state index in [4.69, 9.17) is 5.26 Å². The molecule has 7 nitrogen and oxygen atoms in total. The lowest BCUT2D eigenvalue weighted by atomic mass is 9.91. The number of carbonyl (C=O) groups excluding carboxylic acids is 1. The van der Waals surface area contributed by atoms with Gasteiger partial charge < -0.3 is 15.5 Å². The Balaban J connectivity index is 1.40. The molecule has 1 amide bonds. The van der Waals surface area contributed by atoms with Crippen LogP contribution in [0.2, 0.25) is 0 Å². The standard InChI is InChI=1S/C18H26N6OS/c1-26-18-20-9-8-16(23-18)22-14-6-4-13(5-7-14)21-12-17(25)24-10-2-3-15(24)11-19/h8-9,13-15,21H,2-7,10,12H2,1H3,(H,20,22,23)/t13?,14?,15-/m0/s1. The largest absolute Gasteiger partial charge is 0.367 e. The quantitative estimate of drug-likeness (QED) is 0.581. The summed E-state index contributed by atoms with van der Waals surface area (Å²) in [7, 11) is 0. The van der Waals surface area contributed by atoms with Gasteiger partial charge in [0.05, 0.1) is 12.6 Å². The molecule has 26 heavy (non-hydrogen) atoms. The summed E-state index contributed by atoms with van der Waals surface area (Å²) in [6, 6.07) is 4.68. The van der Waals surface area contributed by atoms with E-state index in [9.17, 15) is 4.79 Å². The molecule has 1 aliphatic carbocycles. The van der Waals surface area contributed by atoms with E-state index in [1.807, 2.05) is 12.3 Å². The smallest absolute Gasteiger partial charge is 0.237 e. The van der Waals surface area contributed by atoms with E-state index in [1.54, 1.807) is 11.1 Å². The molecule has 3 rings (SSSR count). The highest BCUT2D eigenvalue weighted by molar-refractivity contribution is 7.98. The van der Waals surface area contributed by atoms with Crippen LogP contribution < -0.4 is 10.6 Å². The number of nitrogens with one attached hydrogen (secondary N) is 2. The van der Waals surface area contributed by atoms with Crippen molar-refractivity contribution in [2.75, 3.05) is 24.7 Å². The van der Waals surface area contributed by atoms with E-state index in [1.165, 1.54) is 11.8 Å². The van der Waals surface area contributed by atoms with Crippen molar-refractivity contribution in [2.24, 2.45) is 0 Å². The van der Waals surface area contributed by atoms with Gasteiger partial charge in [-0.05, 0) is 50.8 Å². The number of aromatic nitrogens is 2. The molecule has 8 heteroatoms. The fraction of sp³-hybridized carbons (Fsp3) is 0.667.